The van der Waals surface area contributed by atoms with E-state index in [-0.39, 0.29) is 23.1 Å². The average Bonchev–Trinajstić information content (AvgIpc) is 3.16. The van der Waals surface area contributed by atoms with E-state index < -0.39 is 119 Å². The lowest BCUT2D eigenvalue weighted by Crippen LogP contribution is -2.77. The summed E-state index contributed by atoms with van der Waals surface area (Å²) in [5.41, 5.74) is -8.94. The van der Waals surface area contributed by atoms with Gasteiger partial charge in [0.25, 0.3) is 0 Å². The van der Waals surface area contributed by atoms with E-state index in [4.69, 9.17) is 18.9 Å². The van der Waals surface area contributed by atoms with Gasteiger partial charge in [-0.1, -0.05) is 69.3 Å². The molecule has 5 rings (SSSR count). The molecule has 3 unspecified atom stereocenters. The van der Waals surface area contributed by atoms with Crippen LogP contribution in [0.4, 0.5) is 4.79 Å². The molecule has 2 saturated carbocycles. The molecule has 322 valence electrons. The first kappa shape index (κ1) is 45.4. The number of amides is 1. The van der Waals surface area contributed by atoms with Gasteiger partial charge in [0.1, 0.15) is 35.1 Å². The molecule has 59 heavy (non-hydrogen) atoms. The van der Waals surface area contributed by atoms with E-state index >= 15 is 0 Å². The van der Waals surface area contributed by atoms with E-state index in [0.717, 1.165) is 6.92 Å². The third-order valence-electron chi connectivity index (χ3n) is 12.6. The first-order chi connectivity index (χ1) is 27.4. The third kappa shape index (κ3) is 8.02. The third-order valence-corrected chi connectivity index (χ3v) is 12.6. The number of hydrogen-bond acceptors (Lipinski definition) is 14. The predicted molar refractivity (Wildman–Crippen MR) is 210 cm³/mol. The minimum Gasteiger partial charge on any atom is -0.456 e. The molecule has 0 spiro atoms. The van der Waals surface area contributed by atoms with Crippen molar-refractivity contribution in [3.05, 3.63) is 82.9 Å². The number of esters is 3. The summed E-state index contributed by atoms with van der Waals surface area (Å²) in [5, 5.41) is 63.4. The van der Waals surface area contributed by atoms with Crippen molar-refractivity contribution in [3.63, 3.8) is 0 Å². The van der Waals surface area contributed by atoms with Gasteiger partial charge in [-0.05, 0) is 69.9 Å². The zero-order chi connectivity index (χ0) is 44.0. The number of rotatable bonds is 9. The van der Waals surface area contributed by atoms with Crippen LogP contribution in [0.2, 0.25) is 0 Å². The predicted octanol–water partition coefficient (Wildman–Crippen LogP) is 3.63. The van der Waals surface area contributed by atoms with E-state index in [0.29, 0.717) is 5.56 Å². The van der Waals surface area contributed by atoms with Crippen LogP contribution in [0.5, 0.6) is 0 Å². The normalized spacial score (nSPS) is 32.6. The standard InChI is InChI=1S/C44H57NO14/c1-10-43(58-24(3)46)29(48)21-28(47)42(9)34(43)36(57-37(52)26-19-15-12-16-20-26)44(55)22-27(23(2)30(41(44,7)8)32(49)35(42)51)56-38(53)33(50)31(25-17-13-11-14-18-25)45-39(54)59-40(4,5)6/h11-20,27-29,31-34,36,47-50,55H,10,21-22H2,1-9H3,(H,45,54)/t27?,28-,29+,31-,32+,33+,34?,36?,42+,43-,44+/m0/s1. The highest BCUT2D eigenvalue weighted by Crippen LogP contribution is 2.62. The van der Waals surface area contributed by atoms with Crippen molar-refractivity contribution in [2.75, 3.05) is 0 Å². The highest BCUT2D eigenvalue weighted by molar-refractivity contribution is 5.94. The fraction of sp³-hybridized carbons (Fsp3) is 0.568. The number of aliphatic hydroxyl groups excluding tert-OH is 4. The van der Waals surface area contributed by atoms with Crippen molar-refractivity contribution < 1.29 is 68.5 Å². The van der Waals surface area contributed by atoms with Gasteiger partial charge >= 0.3 is 24.0 Å². The monoisotopic (exact) mass is 823 g/mol. The first-order valence-electron chi connectivity index (χ1n) is 19.8. The average molecular weight is 824 g/mol. The summed E-state index contributed by atoms with van der Waals surface area (Å²) in [6, 6.07) is 14.4. The van der Waals surface area contributed by atoms with Crippen LogP contribution in [-0.2, 0) is 33.3 Å². The van der Waals surface area contributed by atoms with Crippen LogP contribution in [0.25, 0.3) is 0 Å². The summed E-state index contributed by atoms with van der Waals surface area (Å²) >= 11 is 0. The van der Waals surface area contributed by atoms with Crippen LogP contribution >= 0.6 is 0 Å². The maximum Gasteiger partial charge on any atom is 0.408 e. The number of benzene rings is 2. The lowest BCUT2D eigenvalue weighted by molar-refractivity contribution is -0.284. The van der Waals surface area contributed by atoms with Gasteiger partial charge in [-0.3, -0.25) is 9.59 Å². The van der Waals surface area contributed by atoms with E-state index in [1.165, 1.54) is 39.8 Å². The Morgan fingerprint density at radius 1 is 0.915 bits per heavy atom. The highest BCUT2D eigenvalue weighted by Gasteiger charge is 2.75. The number of carbonyl (C=O) groups is 5. The molecule has 3 aliphatic carbocycles. The minimum atomic E-state index is -2.44. The first-order valence-corrected chi connectivity index (χ1v) is 19.8. The second-order valence-corrected chi connectivity index (χ2v) is 17.6. The van der Waals surface area contributed by atoms with Crippen molar-refractivity contribution in [1.29, 1.82) is 0 Å². The van der Waals surface area contributed by atoms with Gasteiger partial charge in [0.15, 0.2) is 11.9 Å². The van der Waals surface area contributed by atoms with Gasteiger partial charge in [0.05, 0.1) is 35.1 Å². The topological polar surface area (TPSA) is 235 Å². The SMILES string of the molecule is CC[C@@]1(OC(C)=O)C2C(OC(=O)c3ccccc3)[C@]3(O)CC(OC(=O)[C@H](O)[C@@H](NC(=O)OC(C)(C)C)c4ccccc4)C(C)=C([C@@H](O)C(=O)[C@]2(C)[C@@H](O)C[C@H]1O)C3(C)C. The molecule has 2 fully saturated rings. The van der Waals surface area contributed by atoms with E-state index in [2.05, 4.69) is 5.32 Å². The highest BCUT2D eigenvalue weighted by atomic mass is 16.6. The zero-order valence-corrected chi connectivity index (χ0v) is 34.9. The molecular weight excluding hydrogens is 766 g/mol. The van der Waals surface area contributed by atoms with Crippen molar-refractivity contribution in [1.82, 2.24) is 5.32 Å². The Morgan fingerprint density at radius 2 is 1.49 bits per heavy atom. The van der Waals surface area contributed by atoms with Crippen LogP contribution in [0.3, 0.4) is 0 Å². The van der Waals surface area contributed by atoms with Crippen LogP contribution in [0.15, 0.2) is 71.8 Å². The number of Topliss-reactive ketones (excluding diaryl/α,β-unsaturated/α-hetero) is 1. The summed E-state index contributed by atoms with van der Waals surface area (Å²) in [6.07, 6.45) is -13.2. The Hall–Kier alpha value is -4.67. The molecule has 0 saturated heterocycles. The minimum absolute atomic E-state index is 0.0359. The molecule has 3 aliphatic rings. The second-order valence-electron chi connectivity index (χ2n) is 17.6. The largest absolute Gasteiger partial charge is 0.456 e. The molecule has 15 heteroatoms. The van der Waals surface area contributed by atoms with Gasteiger partial charge in [-0.25, -0.2) is 14.4 Å². The fourth-order valence-electron chi connectivity index (χ4n) is 9.55. The van der Waals surface area contributed by atoms with Crippen LogP contribution in [0, 0.1) is 16.7 Å². The molecule has 1 amide bonds. The van der Waals surface area contributed by atoms with Gasteiger partial charge in [0, 0.05) is 25.2 Å². The number of aliphatic hydroxyl groups is 5. The van der Waals surface area contributed by atoms with Crippen molar-refractivity contribution in [2.24, 2.45) is 16.7 Å². The molecule has 0 aliphatic heterocycles. The van der Waals surface area contributed by atoms with Gasteiger partial charge in [-0.15, -0.1) is 0 Å². The second kappa shape index (κ2) is 16.4. The molecule has 15 nitrogen and oxygen atoms in total. The fourth-order valence-corrected chi connectivity index (χ4v) is 9.55. The number of nitrogens with one attached hydrogen (secondary N) is 1. The van der Waals surface area contributed by atoms with Crippen LogP contribution in [-0.4, -0.2) is 109 Å². The summed E-state index contributed by atoms with van der Waals surface area (Å²) < 4.78 is 23.6. The lowest BCUT2D eigenvalue weighted by atomic mass is 9.45. The molecule has 6 N–H and O–H groups in total. The van der Waals surface area contributed by atoms with Crippen molar-refractivity contribution in [3.8, 4) is 0 Å². The summed E-state index contributed by atoms with van der Waals surface area (Å²) in [5.74, 6) is -5.84. The zero-order valence-electron chi connectivity index (χ0n) is 34.9. The van der Waals surface area contributed by atoms with Crippen LogP contribution in [0.1, 0.15) is 104 Å². The van der Waals surface area contributed by atoms with Gasteiger partial charge < -0.3 is 49.8 Å². The van der Waals surface area contributed by atoms with Gasteiger partial charge in [0.2, 0.25) is 0 Å². The maximum absolute atomic E-state index is 15.0. The van der Waals surface area contributed by atoms with Gasteiger partial charge in [-0.2, -0.15) is 0 Å². The molecular formula is C44H57NO14. The van der Waals surface area contributed by atoms with Crippen molar-refractivity contribution >= 4 is 29.8 Å². The van der Waals surface area contributed by atoms with E-state index in [1.54, 1.807) is 76.2 Å². The Labute approximate surface area is 343 Å². The Balaban J connectivity index is 1.70. The van der Waals surface area contributed by atoms with E-state index in [9.17, 15) is 49.5 Å². The lowest BCUT2D eigenvalue weighted by Gasteiger charge is -2.64. The summed E-state index contributed by atoms with van der Waals surface area (Å²) in [7, 11) is 0. The number of ether oxygens (including phenoxy) is 4. The maximum atomic E-state index is 15.0. The number of ketones is 1. The van der Waals surface area contributed by atoms with E-state index in [1.807, 2.05) is 0 Å². The number of alkyl carbamates (subject to hydrolysis) is 1. The Bertz CT molecular complexity index is 1960. The van der Waals surface area contributed by atoms with Crippen molar-refractivity contribution in [2.45, 2.75) is 141 Å². The molecule has 11 atom stereocenters. The molecule has 2 aromatic carbocycles. The number of fused-ring (bicyclic) bond motifs is 3. The Morgan fingerprint density at radius 3 is 2.03 bits per heavy atom. The molecule has 0 heterocycles. The summed E-state index contributed by atoms with van der Waals surface area (Å²) in [4.78, 5) is 69.1. The molecule has 0 aromatic heterocycles. The summed E-state index contributed by atoms with van der Waals surface area (Å²) in [6.45, 7) is 13.4. The van der Waals surface area contributed by atoms with Crippen LogP contribution < -0.4 is 5.32 Å². The molecule has 2 aromatic rings. The smallest absolute Gasteiger partial charge is 0.408 e. The quantitative estimate of drug-likeness (QED) is 0.120. The molecule has 0 radical (unpaired) electrons. The molecule has 2 bridgehead atoms. The Kier molecular flexibility index (Phi) is 12.6. The number of hydrogen-bond donors (Lipinski definition) is 6. The number of carbonyl (C=O) groups excluding carboxylic acids is 5.